The van der Waals surface area contributed by atoms with E-state index in [0.717, 1.165) is 0 Å². The molecular formula is C36H68O7P2S. The molecular weight excluding hydrogens is 638 g/mol. The van der Waals surface area contributed by atoms with Gasteiger partial charge in [0.2, 0.25) is 0 Å². The summed E-state index contributed by atoms with van der Waals surface area (Å²) in [6.07, 6.45) is 29.7. The first kappa shape index (κ1) is 47.0. The van der Waals surface area contributed by atoms with Crippen molar-refractivity contribution in [1.82, 2.24) is 0 Å². The molecule has 1 aromatic rings. The second-order valence-corrected chi connectivity index (χ2v) is 23.3. The highest BCUT2D eigenvalue weighted by atomic mass is 32.2. The Balaban J connectivity index is 0. The van der Waals surface area contributed by atoms with Gasteiger partial charge in [0.05, 0.1) is 66.1 Å². The number of carbonyl (C=O) groups excluding carboxylic acids is 2. The van der Waals surface area contributed by atoms with Gasteiger partial charge in [0.1, 0.15) is 0 Å². The number of carboxylic acids is 2. The molecule has 0 aliphatic carbocycles. The van der Waals surface area contributed by atoms with Crippen molar-refractivity contribution in [2.75, 3.05) is 49.3 Å². The fraction of sp³-hybridized carbons (Fsp3) is 0.778. The van der Waals surface area contributed by atoms with E-state index in [0.29, 0.717) is 18.2 Å². The van der Waals surface area contributed by atoms with Crippen molar-refractivity contribution in [1.29, 1.82) is 0 Å². The Morgan fingerprint density at radius 1 is 0.543 bits per heavy atom. The first-order valence-electron chi connectivity index (χ1n) is 18.0. The molecule has 0 unspecified atom stereocenters. The van der Waals surface area contributed by atoms with Crippen LogP contribution in [0.5, 0.6) is 0 Å². The quantitative estimate of drug-likeness (QED) is 0.0891. The molecule has 0 fully saturated rings. The molecule has 0 aromatic heterocycles. The van der Waals surface area contributed by atoms with Gasteiger partial charge in [0, 0.05) is 14.5 Å². The largest absolute Gasteiger partial charge is 0.545 e. The van der Waals surface area contributed by atoms with E-state index in [1.807, 2.05) is 0 Å². The van der Waals surface area contributed by atoms with E-state index >= 15 is 0 Å². The third-order valence-electron chi connectivity index (χ3n) is 8.93. The van der Waals surface area contributed by atoms with Crippen LogP contribution >= 0.6 is 14.5 Å². The molecule has 0 aliphatic heterocycles. The minimum atomic E-state index is -4.70. The normalized spacial score (nSPS) is 11.7. The van der Waals surface area contributed by atoms with Gasteiger partial charge < -0.3 is 19.8 Å². The maximum atomic E-state index is 10.7. The highest BCUT2D eigenvalue weighted by molar-refractivity contribution is 7.85. The molecule has 1 rings (SSSR count). The monoisotopic (exact) mass is 706 g/mol. The van der Waals surface area contributed by atoms with Crippen LogP contribution in [0.25, 0.3) is 0 Å². The Kier molecular flexibility index (Phi) is 27.4. The summed E-state index contributed by atoms with van der Waals surface area (Å²) in [6.45, 7) is 18.9. The van der Waals surface area contributed by atoms with Gasteiger partial charge in [-0.1, -0.05) is 80.1 Å². The van der Waals surface area contributed by atoms with Gasteiger partial charge in [0.15, 0.2) is 0 Å². The summed E-state index contributed by atoms with van der Waals surface area (Å²) in [4.78, 5) is 20.1. The predicted octanol–water partition coefficient (Wildman–Crippen LogP) is 8.51. The van der Waals surface area contributed by atoms with E-state index in [1.54, 1.807) is 37.0 Å². The van der Waals surface area contributed by atoms with Crippen LogP contribution in [0.4, 0.5) is 0 Å². The summed E-state index contributed by atoms with van der Waals surface area (Å²) in [5.74, 6) is -3.54. The van der Waals surface area contributed by atoms with Crippen molar-refractivity contribution in [3.05, 3.63) is 29.3 Å². The van der Waals surface area contributed by atoms with Crippen molar-refractivity contribution < 1.29 is 32.8 Å². The third-order valence-corrected chi connectivity index (χ3v) is 20.0. The molecule has 7 nitrogen and oxygen atoms in total. The van der Waals surface area contributed by atoms with Crippen LogP contribution < -0.4 is 10.2 Å². The fourth-order valence-electron chi connectivity index (χ4n) is 5.56. The molecule has 0 saturated heterocycles. The highest BCUT2D eigenvalue weighted by Crippen LogP contribution is 2.61. The van der Waals surface area contributed by atoms with Gasteiger partial charge in [0.25, 0.3) is 10.1 Å². The van der Waals surface area contributed by atoms with Crippen LogP contribution in [0.15, 0.2) is 23.1 Å². The molecule has 0 saturated carbocycles. The maximum absolute atomic E-state index is 10.7. The van der Waals surface area contributed by atoms with E-state index in [-0.39, 0.29) is 0 Å². The molecule has 10 heteroatoms. The molecule has 0 aliphatic rings. The van der Waals surface area contributed by atoms with Crippen molar-refractivity contribution in [2.45, 2.75) is 137 Å². The zero-order chi connectivity index (χ0) is 35.7. The van der Waals surface area contributed by atoms with E-state index in [2.05, 4.69) is 55.4 Å². The minimum absolute atomic E-state index is 0.527. The number of rotatable bonds is 23. The number of hydrogen-bond acceptors (Lipinski definition) is 6. The lowest BCUT2D eigenvalue weighted by Crippen LogP contribution is -2.26. The second-order valence-electron chi connectivity index (χ2n) is 12.6. The highest BCUT2D eigenvalue weighted by Gasteiger charge is 2.33. The summed E-state index contributed by atoms with van der Waals surface area (Å²) in [5.41, 5.74) is -1.37. The van der Waals surface area contributed by atoms with Gasteiger partial charge >= 0.3 is 0 Å². The zero-order valence-electron chi connectivity index (χ0n) is 30.6. The number of unbranched alkanes of at least 4 members (excludes halogenated alkanes) is 6. The van der Waals surface area contributed by atoms with Crippen molar-refractivity contribution >= 4 is 36.6 Å². The molecule has 46 heavy (non-hydrogen) atoms. The Bertz CT molecular complexity index is 953. The first-order chi connectivity index (χ1) is 21.7. The lowest BCUT2D eigenvalue weighted by molar-refractivity contribution is -0.255. The molecule has 0 atom stereocenters. The molecule has 0 radical (unpaired) electrons. The molecule has 0 spiro atoms. The Morgan fingerprint density at radius 2 is 0.783 bits per heavy atom. The summed E-state index contributed by atoms with van der Waals surface area (Å²) >= 11 is 0. The van der Waals surface area contributed by atoms with E-state index in [4.69, 9.17) is 4.55 Å². The Labute approximate surface area is 284 Å². The molecule has 0 amide bonds. The van der Waals surface area contributed by atoms with Crippen LogP contribution in [0, 0.1) is 0 Å². The summed E-state index contributed by atoms with van der Waals surface area (Å²) in [6, 6.07) is 1.83. The number of hydrogen-bond donors (Lipinski definition) is 1. The lowest BCUT2D eigenvalue weighted by atomic mass is 10.1. The Morgan fingerprint density at radius 3 is 0.935 bits per heavy atom. The molecule has 1 aromatic carbocycles. The summed E-state index contributed by atoms with van der Waals surface area (Å²) in [7, 11) is -5.75. The molecule has 1 N–H and O–H groups in total. The minimum Gasteiger partial charge on any atom is -0.545 e. The van der Waals surface area contributed by atoms with Crippen LogP contribution in [-0.4, -0.2) is 74.2 Å². The average Bonchev–Trinajstić information content (AvgIpc) is 3.04. The fourth-order valence-corrected chi connectivity index (χ4v) is 15.3. The standard InChI is InChI=1S/2C14H32P.C8H6O7S/c2*1-5-9-12-15(8-4,13-10-6-2)14-11-7-3;9-7(10)4-1-5(8(11)12)3-6(2-4)16(13,14)15/h2*5-14H2,1-4H3;1-3H,(H,9,10)(H,11,12)(H,13,14,15)/q2*+1;/p-2. The number of carbonyl (C=O) groups is 2. The maximum Gasteiger partial charge on any atom is 0.294 e. The summed E-state index contributed by atoms with van der Waals surface area (Å²) in [5, 5.41) is 20.9. The van der Waals surface area contributed by atoms with E-state index in [1.165, 1.54) is 89.4 Å². The van der Waals surface area contributed by atoms with Gasteiger partial charge in [-0.2, -0.15) is 8.42 Å². The average molecular weight is 707 g/mol. The second kappa shape index (κ2) is 26.8. The van der Waals surface area contributed by atoms with Crippen LogP contribution in [0.2, 0.25) is 0 Å². The van der Waals surface area contributed by atoms with Crippen LogP contribution in [0.3, 0.4) is 0 Å². The zero-order valence-corrected chi connectivity index (χ0v) is 33.2. The molecule has 0 heterocycles. The van der Waals surface area contributed by atoms with E-state index in [9.17, 15) is 28.2 Å². The topological polar surface area (TPSA) is 135 Å². The van der Waals surface area contributed by atoms with Gasteiger partial charge in [-0.3, -0.25) is 4.55 Å². The SMILES string of the molecule is CCCC[P+](CC)(CCCC)CCCC.CCCC[P+](CC)(CCCC)CCCC.O=C([O-])c1cc(C(=O)[O-])cc(S(=O)(=O)O)c1. The number of benzene rings is 1. The van der Waals surface area contributed by atoms with Gasteiger partial charge in [-0.25, -0.2) is 0 Å². The van der Waals surface area contributed by atoms with Crippen LogP contribution in [-0.2, 0) is 10.1 Å². The first-order valence-corrected chi connectivity index (χ1v) is 24.5. The smallest absolute Gasteiger partial charge is 0.294 e. The number of aromatic carboxylic acids is 2. The van der Waals surface area contributed by atoms with Gasteiger partial charge in [-0.15, -0.1) is 0 Å². The van der Waals surface area contributed by atoms with E-state index < -0.39 is 52.6 Å². The van der Waals surface area contributed by atoms with Gasteiger partial charge in [-0.05, 0) is 81.7 Å². The van der Waals surface area contributed by atoms with Crippen LogP contribution in [0.1, 0.15) is 153 Å². The molecule has 0 bridgehead atoms. The Hall–Kier alpha value is -1.07. The third kappa shape index (κ3) is 20.3. The van der Waals surface area contributed by atoms with Crippen molar-refractivity contribution in [3.8, 4) is 0 Å². The van der Waals surface area contributed by atoms with Crippen molar-refractivity contribution in [2.24, 2.45) is 0 Å². The predicted molar refractivity (Wildman–Crippen MR) is 198 cm³/mol. The summed E-state index contributed by atoms with van der Waals surface area (Å²) < 4.78 is 30.1. The lowest BCUT2D eigenvalue weighted by Gasteiger charge is -2.26. The van der Waals surface area contributed by atoms with Crippen molar-refractivity contribution in [3.63, 3.8) is 0 Å². The molecule has 270 valence electrons. The number of carboxylic acid groups (broad SMARTS) is 2.